The molecule has 0 aliphatic rings. The first kappa shape index (κ1) is 24.9. The van der Waals surface area contributed by atoms with Crippen molar-refractivity contribution in [3.8, 4) is 11.1 Å². The molecule has 1 amide bonds. The molecule has 0 radical (unpaired) electrons. The van der Waals surface area contributed by atoms with Gasteiger partial charge in [-0.25, -0.2) is 9.78 Å². The van der Waals surface area contributed by atoms with Crippen LogP contribution in [0.4, 0.5) is 19.0 Å². The zero-order valence-electron chi connectivity index (χ0n) is 18.9. The molecule has 2 aromatic carbocycles. The minimum absolute atomic E-state index is 0.0724. The quantitative estimate of drug-likeness (QED) is 0.257. The average molecular weight is 512 g/mol. The third-order valence-corrected chi connectivity index (χ3v) is 6.47. The number of benzene rings is 2. The molecule has 0 aliphatic carbocycles. The number of ether oxygens (including phenoxy) is 1. The summed E-state index contributed by atoms with van der Waals surface area (Å²) in [5.41, 5.74) is 6.64. The summed E-state index contributed by atoms with van der Waals surface area (Å²) in [4.78, 5) is 28.3. The first-order valence-electron chi connectivity index (χ1n) is 10.6. The number of amides is 1. The third kappa shape index (κ3) is 5.72. The maximum Gasteiger partial charge on any atom is 0.417 e. The Hall–Kier alpha value is -4.18. The summed E-state index contributed by atoms with van der Waals surface area (Å²) in [7, 11) is 1.25. The van der Waals surface area contributed by atoms with Crippen molar-refractivity contribution in [3.63, 3.8) is 0 Å². The number of nitrogens with two attached hydrogens (primary N) is 1. The van der Waals surface area contributed by atoms with Gasteiger partial charge in [0, 0.05) is 21.8 Å². The lowest BCUT2D eigenvalue weighted by molar-refractivity contribution is -0.136. The van der Waals surface area contributed by atoms with E-state index in [0.717, 1.165) is 17.4 Å². The number of fused-ring (bicyclic) bond motifs is 1. The van der Waals surface area contributed by atoms with Crippen molar-refractivity contribution in [2.75, 3.05) is 12.8 Å². The van der Waals surface area contributed by atoms with Gasteiger partial charge < -0.3 is 15.8 Å². The molecule has 184 valence electrons. The second-order valence-electron chi connectivity index (χ2n) is 7.79. The molecule has 6 nitrogen and oxygen atoms in total. The molecule has 10 heteroatoms. The Labute approximate surface area is 208 Å². The SMILES string of the molecule is COC(=O)c1ccc(-c2cc(C(F)(F)F)c3sc(CNC(=O)/C=C/c4ccc(N)nc4)cc3c2)cc1. The van der Waals surface area contributed by atoms with Crippen LogP contribution in [-0.4, -0.2) is 24.0 Å². The van der Waals surface area contributed by atoms with Crippen LogP contribution in [0.5, 0.6) is 0 Å². The van der Waals surface area contributed by atoms with Gasteiger partial charge >= 0.3 is 12.1 Å². The zero-order chi connectivity index (χ0) is 25.9. The Morgan fingerprint density at radius 3 is 2.47 bits per heavy atom. The van der Waals surface area contributed by atoms with Crippen LogP contribution in [0.25, 0.3) is 27.3 Å². The molecule has 0 spiro atoms. The number of pyridine rings is 1. The molecule has 0 fully saturated rings. The summed E-state index contributed by atoms with van der Waals surface area (Å²) in [6.07, 6.45) is -0.171. The fourth-order valence-electron chi connectivity index (χ4n) is 3.51. The molecule has 4 rings (SSSR count). The van der Waals surface area contributed by atoms with Crippen LogP contribution in [0, 0.1) is 0 Å². The van der Waals surface area contributed by atoms with Crippen molar-refractivity contribution in [1.82, 2.24) is 10.3 Å². The van der Waals surface area contributed by atoms with Gasteiger partial charge in [0.2, 0.25) is 5.91 Å². The molecule has 0 unspecified atom stereocenters. The van der Waals surface area contributed by atoms with Crippen molar-refractivity contribution in [1.29, 1.82) is 0 Å². The Kier molecular flexibility index (Phi) is 7.07. The Morgan fingerprint density at radius 2 is 1.83 bits per heavy atom. The fraction of sp³-hybridized carbons (Fsp3) is 0.115. The van der Waals surface area contributed by atoms with Gasteiger partial charge in [0.25, 0.3) is 0 Å². The molecular formula is C26H20F3N3O3S. The normalized spacial score (nSPS) is 11.7. The van der Waals surface area contributed by atoms with E-state index in [1.54, 1.807) is 42.5 Å². The number of alkyl halides is 3. The molecule has 36 heavy (non-hydrogen) atoms. The van der Waals surface area contributed by atoms with E-state index in [2.05, 4.69) is 15.0 Å². The highest BCUT2D eigenvalue weighted by molar-refractivity contribution is 7.19. The van der Waals surface area contributed by atoms with E-state index in [4.69, 9.17) is 5.73 Å². The highest BCUT2D eigenvalue weighted by atomic mass is 32.1. The van der Waals surface area contributed by atoms with Gasteiger partial charge in [0.05, 0.1) is 24.8 Å². The number of esters is 1. The number of nitrogens with zero attached hydrogens (tertiary/aromatic N) is 1. The number of carbonyl (C=O) groups is 2. The van der Waals surface area contributed by atoms with E-state index in [9.17, 15) is 22.8 Å². The number of aromatic nitrogens is 1. The minimum atomic E-state index is -4.57. The van der Waals surface area contributed by atoms with E-state index in [1.165, 1.54) is 31.5 Å². The fourth-order valence-corrected chi connectivity index (χ4v) is 4.62. The number of anilines is 1. The number of rotatable bonds is 6. The van der Waals surface area contributed by atoms with E-state index >= 15 is 0 Å². The van der Waals surface area contributed by atoms with Crippen LogP contribution < -0.4 is 11.1 Å². The smallest absolute Gasteiger partial charge is 0.417 e. The second kappa shape index (κ2) is 10.2. The monoisotopic (exact) mass is 511 g/mol. The van der Waals surface area contributed by atoms with E-state index in [-0.39, 0.29) is 11.2 Å². The molecule has 3 N–H and O–H groups in total. The number of nitrogens with one attached hydrogen (secondary N) is 1. The number of thiophene rings is 1. The summed E-state index contributed by atoms with van der Waals surface area (Å²) < 4.78 is 46.4. The third-order valence-electron chi connectivity index (χ3n) is 5.29. The lowest BCUT2D eigenvalue weighted by Crippen LogP contribution is -2.19. The standard InChI is InChI=1S/C26H20F3N3O3S/c1-35-25(34)17-6-4-16(5-7-17)18-10-19-11-20(36-24(19)21(12-18)26(27,28)29)14-32-23(33)9-3-15-2-8-22(30)31-13-15/h2-13H,14H2,1H3,(H2,30,31)(H,32,33)/b9-3+. The summed E-state index contributed by atoms with van der Waals surface area (Å²) in [5, 5.41) is 3.09. The molecule has 0 bridgehead atoms. The van der Waals surface area contributed by atoms with Gasteiger partial charge in [-0.15, -0.1) is 11.3 Å². The highest BCUT2D eigenvalue weighted by Gasteiger charge is 2.34. The number of hydrogen-bond acceptors (Lipinski definition) is 6. The molecular weight excluding hydrogens is 491 g/mol. The van der Waals surface area contributed by atoms with Crippen LogP contribution in [0.3, 0.4) is 0 Å². The Bertz CT molecular complexity index is 1440. The van der Waals surface area contributed by atoms with Crippen LogP contribution in [0.15, 0.2) is 66.9 Å². The molecule has 0 aliphatic heterocycles. The highest BCUT2D eigenvalue weighted by Crippen LogP contribution is 2.41. The van der Waals surface area contributed by atoms with Crippen molar-refractivity contribution in [2.45, 2.75) is 12.7 Å². The van der Waals surface area contributed by atoms with Gasteiger partial charge in [-0.3, -0.25) is 4.79 Å². The number of halogens is 3. The van der Waals surface area contributed by atoms with E-state index in [0.29, 0.717) is 38.3 Å². The number of nitrogen functional groups attached to an aromatic ring is 1. The first-order chi connectivity index (χ1) is 17.1. The lowest BCUT2D eigenvalue weighted by Gasteiger charge is -2.11. The molecule has 0 saturated heterocycles. The molecule has 2 heterocycles. The van der Waals surface area contributed by atoms with E-state index < -0.39 is 23.6 Å². The zero-order valence-corrected chi connectivity index (χ0v) is 19.7. The van der Waals surface area contributed by atoms with Crippen LogP contribution in [0.2, 0.25) is 0 Å². The van der Waals surface area contributed by atoms with Gasteiger partial charge in [-0.2, -0.15) is 13.2 Å². The molecule has 2 aromatic heterocycles. The maximum atomic E-state index is 13.9. The lowest BCUT2D eigenvalue weighted by atomic mass is 9.99. The summed E-state index contributed by atoms with van der Waals surface area (Å²) >= 11 is 0.978. The number of carbonyl (C=O) groups excluding carboxylic acids is 2. The van der Waals surface area contributed by atoms with E-state index in [1.807, 2.05) is 0 Å². The van der Waals surface area contributed by atoms with Crippen LogP contribution >= 0.6 is 11.3 Å². The number of hydrogen-bond donors (Lipinski definition) is 2. The maximum absolute atomic E-state index is 13.9. The summed E-state index contributed by atoms with van der Waals surface area (Å²) in [6.45, 7) is 0.0724. The molecule has 4 aromatic rings. The Morgan fingerprint density at radius 1 is 1.08 bits per heavy atom. The van der Waals surface area contributed by atoms with Crippen LogP contribution in [-0.2, 0) is 22.3 Å². The van der Waals surface area contributed by atoms with Gasteiger partial charge in [-0.1, -0.05) is 12.1 Å². The largest absolute Gasteiger partial charge is 0.465 e. The average Bonchev–Trinajstić information content (AvgIpc) is 3.28. The van der Waals surface area contributed by atoms with Crippen molar-refractivity contribution in [2.24, 2.45) is 0 Å². The predicted octanol–water partition coefficient (Wildman–Crippen LogP) is 5.68. The van der Waals surface area contributed by atoms with Gasteiger partial charge in [0.15, 0.2) is 0 Å². The Balaban J connectivity index is 1.57. The predicted molar refractivity (Wildman–Crippen MR) is 133 cm³/mol. The summed E-state index contributed by atoms with van der Waals surface area (Å²) in [6, 6.07) is 13.9. The van der Waals surface area contributed by atoms with Gasteiger partial charge in [-0.05, 0) is 70.6 Å². The van der Waals surface area contributed by atoms with Crippen LogP contribution in [0.1, 0.15) is 26.4 Å². The van der Waals surface area contributed by atoms with Crippen molar-refractivity contribution in [3.05, 3.63) is 88.4 Å². The summed E-state index contributed by atoms with van der Waals surface area (Å²) in [5.74, 6) is -0.565. The van der Waals surface area contributed by atoms with Crippen molar-refractivity contribution < 1.29 is 27.5 Å². The second-order valence-corrected chi connectivity index (χ2v) is 8.93. The molecule has 0 atom stereocenters. The topological polar surface area (TPSA) is 94.3 Å². The first-order valence-corrected chi connectivity index (χ1v) is 11.5. The molecule has 0 saturated carbocycles. The number of methoxy groups -OCH3 is 1. The minimum Gasteiger partial charge on any atom is -0.465 e. The van der Waals surface area contributed by atoms with Crippen molar-refractivity contribution >= 4 is 45.2 Å². The van der Waals surface area contributed by atoms with Gasteiger partial charge in [0.1, 0.15) is 5.82 Å².